The molecule has 0 aromatic heterocycles. The fourth-order valence-corrected chi connectivity index (χ4v) is 5.42. The first-order chi connectivity index (χ1) is 24.3. The zero-order valence-corrected chi connectivity index (χ0v) is 32.4. The van der Waals surface area contributed by atoms with Gasteiger partial charge >= 0.3 is 19.8 Å². The number of phosphoric ester groups is 1. The number of unbranched alkanes of at least 4 members (excludes halogenated alkanes) is 15. The van der Waals surface area contributed by atoms with Crippen LogP contribution in [0.3, 0.4) is 0 Å². The van der Waals surface area contributed by atoms with E-state index in [0.29, 0.717) is 12.8 Å². The molecule has 0 unspecified atom stereocenters. The summed E-state index contributed by atoms with van der Waals surface area (Å²) in [6, 6.07) is 0. The highest BCUT2D eigenvalue weighted by Crippen LogP contribution is 2.36. The number of allylic oxidation sites excluding steroid dienone is 10. The van der Waals surface area contributed by atoms with Gasteiger partial charge in [0.15, 0.2) is 6.10 Å². The van der Waals surface area contributed by atoms with Crippen LogP contribution < -0.4 is 0 Å². The fraction of sp³-hybridized carbons (Fsp3) is 0.707. The highest BCUT2D eigenvalue weighted by molar-refractivity contribution is 7.46. The molecule has 0 rings (SSSR count). The summed E-state index contributed by atoms with van der Waals surface area (Å²) in [6.45, 7) is 3.57. The molecule has 0 aliphatic rings. The maximum atomic E-state index is 12.4. The molecule has 2 N–H and O–H groups in total. The molecule has 288 valence electrons. The minimum absolute atomic E-state index is 0.170. The topological polar surface area (TPSA) is 119 Å². The van der Waals surface area contributed by atoms with Crippen LogP contribution in [0.25, 0.3) is 0 Å². The van der Waals surface area contributed by atoms with Crippen LogP contribution in [-0.4, -0.2) is 41.0 Å². The molecule has 50 heavy (non-hydrogen) atoms. The molecule has 0 aliphatic heterocycles. The predicted molar refractivity (Wildman–Crippen MR) is 207 cm³/mol. The van der Waals surface area contributed by atoms with Crippen LogP contribution >= 0.6 is 7.82 Å². The summed E-state index contributed by atoms with van der Waals surface area (Å²) in [5.41, 5.74) is 0. The summed E-state index contributed by atoms with van der Waals surface area (Å²) in [6.07, 6.45) is 45.1. The largest absolute Gasteiger partial charge is 0.469 e. The molecule has 9 heteroatoms. The van der Waals surface area contributed by atoms with Crippen LogP contribution in [0.5, 0.6) is 0 Å². The summed E-state index contributed by atoms with van der Waals surface area (Å²) in [5.74, 6) is -0.935. The van der Waals surface area contributed by atoms with E-state index in [2.05, 4.69) is 79.1 Å². The molecule has 0 radical (unpaired) electrons. The second-order valence-corrected chi connectivity index (χ2v) is 14.1. The maximum Gasteiger partial charge on any atom is 0.469 e. The van der Waals surface area contributed by atoms with Crippen molar-refractivity contribution in [1.29, 1.82) is 0 Å². The lowest BCUT2D eigenvalue weighted by Crippen LogP contribution is -2.29. The zero-order chi connectivity index (χ0) is 36.8. The van der Waals surface area contributed by atoms with Crippen LogP contribution in [0.2, 0.25) is 0 Å². The molecule has 0 amide bonds. The molecule has 8 nitrogen and oxygen atoms in total. The van der Waals surface area contributed by atoms with E-state index < -0.39 is 32.5 Å². The van der Waals surface area contributed by atoms with Gasteiger partial charge in [0.25, 0.3) is 0 Å². The van der Waals surface area contributed by atoms with Crippen LogP contribution in [-0.2, 0) is 28.2 Å². The third kappa shape index (κ3) is 38.6. The Hall–Kier alpha value is -2.25. The van der Waals surface area contributed by atoms with E-state index in [1.54, 1.807) is 0 Å². The normalized spacial score (nSPS) is 13.1. The number of carbonyl (C=O) groups is 2. The lowest BCUT2D eigenvalue weighted by Gasteiger charge is -2.18. The van der Waals surface area contributed by atoms with Gasteiger partial charge in [-0.15, -0.1) is 0 Å². The van der Waals surface area contributed by atoms with E-state index in [0.717, 1.165) is 77.0 Å². The highest BCUT2D eigenvalue weighted by atomic mass is 31.2. The van der Waals surface area contributed by atoms with Crippen molar-refractivity contribution in [2.24, 2.45) is 0 Å². The number of hydrogen-bond donors (Lipinski definition) is 2. The van der Waals surface area contributed by atoms with Crippen molar-refractivity contribution in [3.8, 4) is 0 Å². The van der Waals surface area contributed by atoms with Gasteiger partial charge in [0.2, 0.25) is 0 Å². The van der Waals surface area contributed by atoms with Crippen molar-refractivity contribution in [3.63, 3.8) is 0 Å². The Labute approximate surface area is 305 Å². The van der Waals surface area contributed by atoms with Crippen molar-refractivity contribution in [1.82, 2.24) is 0 Å². The molecule has 0 saturated heterocycles. The lowest BCUT2D eigenvalue weighted by molar-refractivity contribution is -0.161. The average molecular weight is 723 g/mol. The second-order valence-electron chi connectivity index (χ2n) is 12.9. The highest BCUT2D eigenvalue weighted by Gasteiger charge is 2.22. The van der Waals surface area contributed by atoms with Gasteiger partial charge in [0.05, 0.1) is 6.61 Å². The fourth-order valence-electron chi connectivity index (χ4n) is 5.06. The number of hydrogen-bond acceptors (Lipinski definition) is 6. The van der Waals surface area contributed by atoms with E-state index in [1.165, 1.54) is 51.4 Å². The van der Waals surface area contributed by atoms with Gasteiger partial charge in [0.1, 0.15) is 6.61 Å². The predicted octanol–water partition coefficient (Wildman–Crippen LogP) is 11.7. The van der Waals surface area contributed by atoms with Crippen molar-refractivity contribution < 1.29 is 37.9 Å². The smallest absolute Gasteiger partial charge is 0.462 e. The standard InChI is InChI=1S/C41H71O8P/c1-3-5-7-9-11-13-15-17-19-20-22-24-26-28-30-32-34-36-41(43)49-39(38-48-50(44,45)46)37-47-40(42)35-33-31-29-27-25-23-21-18-16-14-12-10-8-6-4-2/h7,9,13,15,18-21,24,26,39H,3-6,8,10-12,14,16-17,22-23,25,27-38H2,1-2H3,(H2,44,45,46)/b9-7+,15-13+,20-19+,21-18+,26-24+/t39-/m1/s1. The molecule has 0 heterocycles. The molecule has 0 bridgehead atoms. The first kappa shape index (κ1) is 47.8. The SMILES string of the molecule is CCC/C=C/C/C=C/C/C=C/C/C=C/CCCCCC(=O)O[C@H](COC(=O)CCCCCCC/C=C/CCCCCCCC)COP(=O)(O)O. The molecule has 0 saturated carbocycles. The number of carbonyl (C=O) groups excluding carboxylic acids is 2. The van der Waals surface area contributed by atoms with Gasteiger partial charge < -0.3 is 19.3 Å². The van der Waals surface area contributed by atoms with Gasteiger partial charge in [0, 0.05) is 12.8 Å². The Kier molecular flexibility index (Phi) is 34.9. The molecule has 0 aromatic rings. The van der Waals surface area contributed by atoms with Gasteiger partial charge in [-0.1, -0.05) is 139 Å². The summed E-state index contributed by atoms with van der Waals surface area (Å²) in [5, 5.41) is 0. The summed E-state index contributed by atoms with van der Waals surface area (Å²) in [7, 11) is -4.76. The first-order valence-electron chi connectivity index (χ1n) is 19.6. The summed E-state index contributed by atoms with van der Waals surface area (Å²) < 4.78 is 26.3. The zero-order valence-electron chi connectivity index (χ0n) is 31.5. The van der Waals surface area contributed by atoms with Crippen molar-refractivity contribution in [3.05, 3.63) is 60.8 Å². The quantitative estimate of drug-likeness (QED) is 0.0287. The molecular formula is C41H71O8P. The number of phosphoric acid groups is 1. The Bertz CT molecular complexity index is 995. The minimum atomic E-state index is -4.76. The number of ether oxygens (including phenoxy) is 2. The Morgan fingerprint density at radius 2 is 0.940 bits per heavy atom. The van der Waals surface area contributed by atoms with Crippen molar-refractivity contribution in [2.45, 2.75) is 174 Å². The van der Waals surface area contributed by atoms with E-state index in [4.69, 9.17) is 19.3 Å². The van der Waals surface area contributed by atoms with E-state index in [9.17, 15) is 14.2 Å². The molecular weight excluding hydrogens is 651 g/mol. The van der Waals surface area contributed by atoms with Gasteiger partial charge in [-0.2, -0.15) is 0 Å². The van der Waals surface area contributed by atoms with Gasteiger partial charge in [-0.25, -0.2) is 4.57 Å². The first-order valence-corrected chi connectivity index (χ1v) is 21.1. The van der Waals surface area contributed by atoms with E-state index >= 15 is 0 Å². The van der Waals surface area contributed by atoms with Crippen molar-refractivity contribution >= 4 is 19.8 Å². The molecule has 0 spiro atoms. The van der Waals surface area contributed by atoms with E-state index in [-0.39, 0.29) is 19.4 Å². The third-order valence-corrected chi connectivity index (χ3v) is 8.48. The number of esters is 2. The average Bonchev–Trinajstić information content (AvgIpc) is 3.08. The Morgan fingerprint density at radius 1 is 0.520 bits per heavy atom. The monoisotopic (exact) mass is 722 g/mol. The number of rotatable bonds is 35. The van der Waals surface area contributed by atoms with Gasteiger partial charge in [-0.3, -0.25) is 14.1 Å². The molecule has 0 fully saturated rings. The Balaban J connectivity index is 4.04. The minimum Gasteiger partial charge on any atom is -0.462 e. The van der Waals surface area contributed by atoms with Crippen LogP contribution in [0.15, 0.2) is 60.8 Å². The van der Waals surface area contributed by atoms with Crippen LogP contribution in [0.1, 0.15) is 168 Å². The van der Waals surface area contributed by atoms with E-state index in [1.807, 2.05) is 0 Å². The second kappa shape index (κ2) is 36.5. The molecule has 0 aliphatic carbocycles. The van der Waals surface area contributed by atoms with Crippen molar-refractivity contribution in [2.75, 3.05) is 13.2 Å². The summed E-state index contributed by atoms with van der Waals surface area (Å²) >= 11 is 0. The van der Waals surface area contributed by atoms with Crippen LogP contribution in [0, 0.1) is 0 Å². The summed E-state index contributed by atoms with van der Waals surface area (Å²) in [4.78, 5) is 42.7. The van der Waals surface area contributed by atoms with Gasteiger partial charge in [-0.05, 0) is 77.0 Å². The maximum absolute atomic E-state index is 12.4. The van der Waals surface area contributed by atoms with Crippen LogP contribution in [0.4, 0.5) is 0 Å². The third-order valence-electron chi connectivity index (χ3n) is 7.99. The lowest BCUT2D eigenvalue weighted by atomic mass is 10.1. The molecule has 1 atom stereocenters. The Morgan fingerprint density at radius 3 is 1.46 bits per heavy atom. The molecule has 0 aromatic carbocycles.